The van der Waals surface area contributed by atoms with Crippen molar-refractivity contribution in [3.63, 3.8) is 0 Å². The molecule has 5 atom stereocenters. The topological polar surface area (TPSA) is 12.0 Å². The van der Waals surface area contributed by atoms with Gasteiger partial charge in [0, 0.05) is 5.69 Å². The summed E-state index contributed by atoms with van der Waals surface area (Å²) in [7, 11) is 0. The molecule has 0 amide bonds. The average molecular weight is 366 g/mol. The van der Waals surface area contributed by atoms with E-state index in [-0.39, 0.29) is 0 Å². The lowest BCUT2D eigenvalue weighted by atomic mass is 9.71. The van der Waals surface area contributed by atoms with Crippen LogP contribution in [-0.4, -0.2) is 6.04 Å². The SMILES string of the molecule is CCCC[C@@H]1C(C)c2cc(C(C)CC)c(C)cc2N[C@H]1C1=CC(C)CC=C1. The van der Waals surface area contributed by atoms with Crippen LogP contribution in [0.4, 0.5) is 5.69 Å². The minimum absolute atomic E-state index is 0.451. The Morgan fingerprint density at radius 2 is 1.96 bits per heavy atom. The second-order valence-electron chi connectivity index (χ2n) is 9.10. The lowest BCUT2D eigenvalue weighted by Gasteiger charge is -2.41. The smallest absolute Gasteiger partial charge is 0.0544 e. The van der Waals surface area contributed by atoms with Gasteiger partial charge < -0.3 is 5.32 Å². The van der Waals surface area contributed by atoms with E-state index in [4.69, 9.17) is 0 Å². The summed E-state index contributed by atoms with van der Waals surface area (Å²) in [6, 6.07) is 5.40. The zero-order valence-electron chi connectivity index (χ0n) is 18.3. The van der Waals surface area contributed by atoms with E-state index >= 15 is 0 Å². The second kappa shape index (κ2) is 8.67. The largest absolute Gasteiger partial charge is 0.378 e. The summed E-state index contributed by atoms with van der Waals surface area (Å²) >= 11 is 0. The van der Waals surface area contributed by atoms with Gasteiger partial charge >= 0.3 is 0 Å². The Balaban J connectivity index is 2.01. The van der Waals surface area contributed by atoms with E-state index in [1.165, 1.54) is 48.9 Å². The highest BCUT2D eigenvalue weighted by Gasteiger charge is 2.36. The first kappa shape index (κ1) is 20.2. The monoisotopic (exact) mass is 365 g/mol. The third-order valence-electron chi connectivity index (χ3n) is 7.00. The molecule has 0 fully saturated rings. The number of aryl methyl sites for hydroxylation is 1. The van der Waals surface area contributed by atoms with Crippen molar-refractivity contribution in [1.29, 1.82) is 0 Å². The van der Waals surface area contributed by atoms with Crippen LogP contribution in [0.5, 0.6) is 0 Å². The van der Waals surface area contributed by atoms with Crippen LogP contribution >= 0.6 is 0 Å². The molecule has 0 spiro atoms. The molecule has 148 valence electrons. The highest BCUT2D eigenvalue weighted by Crippen LogP contribution is 2.45. The molecule has 3 unspecified atom stereocenters. The van der Waals surface area contributed by atoms with Crippen molar-refractivity contribution < 1.29 is 0 Å². The van der Waals surface area contributed by atoms with Gasteiger partial charge in [0.15, 0.2) is 0 Å². The van der Waals surface area contributed by atoms with Crippen LogP contribution in [0, 0.1) is 18.8 Å². The van der Waals surface area contributed by atoms with Gasteiger partial charge in [-0.1, -0.05) is 71.8 Å². The summed E-state index contributed by atoms with van der Waals surface area (Å²) in [6.45, 7) is 14.1. The predicted octanol–water partition coefficient (Wildman–Crippen LogP) is 7.73. The van der Waals surface area contributed by atoms with Crippen LogP contribution in [0.25, 0.3) is 0 Å². The summed E-state index contributed by atoms with van der Waals surface area (Å²) in [6.07, 6.45) is 13.6. The van der Waals surface area contributed by atoms with E-state index in [0.717, 1.165) is 0 Å². The van der Waals surface area contributed by atoms with E-state index in [0.29, 0.717) is 29.7 Å². The van der Waals surface area contributed by atoms with Crippen LogP contribution in [0.1, 0.15) is 95.2 Å². The molecular weight excluding hydrogens is 326 g/mol. The molecule has 27 heavy (non-hydrogen) atoms. The number of fused-ring (bicyclic) bond motifs is 1. The molecule has 1 aliphatic heterocycles. The van der Waals surface area contributed by atoms with E-state index in [1.54, 1.807) is 11.1 Å². The molecule has 1 heteroatoms. The molecule has 1 nitrogen and oxygen atoms in total. The Labute approximate surface area is 167 Å². The van der Waals surface area contributed by atoms with Crippen molar-refractivity contribution in [1.82, 2.24) is 0 Å². The maximum atomic E-state index is 3.98. The summed E-state index contributed by atoms with van der Waals surface area (Å²) in [4.78, 5) is 0. The maximum absolute atomic E-state index is 3.98. The van der Waals surface area contributed by atoms with Crippen molar-refractivity contribution in [3.8, 4) is 0 Å². The number of rotatable bonds is 6. The first-order valence-corrected chi connectivity index (χ1v) is 11.2. The van der Waals surface area contributed by atoms with Gasteiger partial charge in [0.05, 0.1) is 6.04 Å². The molecule has 0 radical (unpaired) electrons. The summed E-state index contributed by atoms with van der Waals surface area (Å²) in [5.41, 5.74) is 7.41. The molecular formula is C26H39N. The standard InChI is InChI=1S/C26H39N/c1-7-9-13-22-20(6)24-16-23(18(4)8-2)19(5)15-25(24)27-26(22)21-12-10-11-17(3)14-21/h10,12,14-18,20,22,26-27H,7-9,11,13H2,1-6H3/t17?,18?,20?,22-,26+/m1/s1. The Kier molecular flexibility index (Phi) is 6.50. The van der Waals surface area contributed by atoms with Gasteiger partial charge in [-0.2, -0.15) is 0 Å². The molecule has 1 aromatic rings. The van der Waals surface area contributed by atoms with Crippen molar-refractivity contribution in [2.24, 2.45) is 11.8 Å². The van der Waals surface area contributed by atoms with E-state index < -0.39 is 0 Å². The molecule has 0 bridgehead atoms. The number of hydrogen-bond donors (Lipinski definition) is 1. The number of allylic oxidation sites excluding steroid dienone is 2. The predicted molar refractivity (Wildman–Crippen MR) is 120 cm³/mol. The van der Waals surface area contributed by atoms with Gasteiger partial charge in [-0.15, -0.1) is 0 Å². The molecule has 0 aromatic heterocycles. The minimum Gasteiger partial charge on any atom is -0.378 e. The number of nitrogens with one attached hydrogen (secondary N) is 1. The molecule has 0 saturated heterocycles. The lowest BCUT2D eigenvalue weighted by molar-refractivity contribution is 0.361. The van der Waals surface area contributed by atoms with Crippen molar-refractivity contribution >= 4 is 5.69 Å². The van der Waals surface area contributed by atoms with Gasteiger partial charge in [0.25, 0.3) is 0 Å². The first-order valence-electron chi connectivity index (χ1n) is 11.2. The fourth-order valence-corrected chi connectivity index (χ4v) is 5.05. The highest BCUT2D eigenvalue weighted by atomic mass is 15.0. The fraction of sp³-hybridized carbons (Fsp3) is 0.615. The lowest BCUT2D eigenvalue weighted by Crippen LogP contribution is -2.39. The Morgan fingerprint density at radius 3 is 2.63 bits per heavy atom. The second-order valence-corrected chi connectivity index (χ2v) is 9.10. The summed E-state index contributed by atoms with van der Waals surface area (Å²) in [5, 5.41) is 3.98. The summed E-state index contributed by atoms with van der Waals surface area (Å²) < 4.78 is 0. The van der Waals surface area contributed by atoms with Gasteiger partial charge in [-0.05, 0) is 78.2 Å². The average Bonchev–Trinajstić information content (AvgIpc) is 2.66. The molecule has 3 rings (SSSR count). The van der Waals surface area contributed by atoms with Gasteiger partial charge in [0.1, 0.15) is 0 Å². The van der Waals surface area contributed by atoms with E-state index in [1.807, 2.05) is 0 Å². The molecule has 1 N–H and O–H groups in total. The zero-order valence-corrected chi connectivity index (χ0v) is 18.3. The fourth-order valence-electron chi connectivity index (χ4n) is 5.05. The normalized spacial score (nSPS) is 28.3. The minimum atomic E-state index is 0.451. The first-order chi connectivity index (χ1) is 13.0. The molecule has 1 heterocycles. The maximum Gasteiger partial charge on any atom is 0.0544 e. The quantitative estimate of drug-likeness (QED) is 0.543. The third kappa shape index (κ3) is 4.18. The van der Waals surface area contributed by atoms with Crippen LogP contribution in [-0.2, 0) is 0 Å². The Hall–Kier alpha value is -1.50. The van der Waals surface area contributed by atoms with Gasteiger partial charge in [-0.25, -0.2) is 0 Å². The summed E-state index contributed by atoms with van der Waals surface area (Å²) in [5.74, 6) is 2.57. The molecule has 2 aliphatic rings. The Morgan fingerprint density at radius 1 is 1.19 bits per heavy atom. The molecule has 1 aromatic carbocycles. The third-order valence-corrected chi connectivity index (χ3v) is 7.00. The zero-order chi connectivity index (χ0) is 19.6. The molecule has 1 aliphatic carbocycles. The van der Waals surface area contributed by atoms with E-state index in [2.05, 4.69) is 77.2 Å². The van der Waals surface area contributed by atoms with Crippen molar-refractivity contribution in [2.75, 3.05) is 5.32 Å². The highest BCUT2D eigenvalue weighted by molar-refractivity contribution is 5.62. The van der Waals surface area contributed by atoms with Crippen LogP contribution in [0.15, 0.2) is 35.9 Å². The number of unbranched alkanes of at least 4 members (excludes halogenated alkanes) is 1. The van der Waals surface area contributed by atoms with Crippen LogP contribution in [0.3, 0.4) is 0 Å². The number of anilines is 1. The molecule has 0 saturated carbocycles. The van der Waals surface area contributed by atoms with Crippen molar-refractivity contribution in [2.45, 2.75) is 91.5 Å². The van der Waals surface area contributed by atoms with E-state index in [9.17, 15) is 0 Å². The van der Waals surface area contributed by atoms with Gasteiger partial charge in [0.2, 0.25) is 0 Å². The van der Waals surface area contributed by atoms with Gasteiger partial charge in [-0.3, -0.25) is 0 Å². The number of hydrogen-bond acceptors (Lipinski definition) is 1. The van der Waals surface area contributed by atoms with Crippen LogP contribution in [0.2, 0.25) is 0 Å². The van der Waals surface area contributed by atoms with Crippen LogP contribution < -0.4 is 5.32 Å². The number of benzene rings is 1. The van der Waals surface area contributed by atoms with Crippen molar-refractivity contribution in [3.05, 3.63) is 52.6 Å². The Bertz CT molecular complexity index is 711.